The number of fused-ring (bicyclic) bond motifs is 14. The average Bonchev–Trinajstić information content (AvgIpc) is 3.73. The van der Waals surface area contributed by atoms with Gasteiger partial charge in [0.25, 0.3) is 13.4 Å². The lowest BCUT2D eigenvalue weighted by Gasteiger charge is -2.49. The van der Waals surface area contributed by atoms with Crippen molar-refractivity contribution in [1.82, 2.24) is 0 Å². The van der Waals surface area contributed by atoms with Crippen LogP contribution < -0.4 is 51.9 Å². The van der Waals surface area contributed by atoms with Crippen LogP contribution >= 0.6 is 0 Å². The highest BCUT2D eigenvalue weighted by Gasteiger charge is 2.54. The average molecular weight is 639 g/mol. The van der Waals surface area contributed by atoms with Crippen molar-refractivity contribution >= 4 is 107 Å². The molecule has 50 heavy (non-hydrogen) atoms. The largest absolute Gasteiger partial charge is 0.458 e. The summed E-state index contributed by atoms with van der Waals surface area (Å²) in [6, 6.07) is 40.0. The van der Waals surface area contributed by atoms with Crippen LogP contribution in [0.5, 0.6) is 34.5 Å². The van der Waals surface area contributed by atoms with Crippen LogP contribution in [0.25, 0.3) is 43.9 Å². The Labute approximate surface area is 284 Å². The molecule has 7 aromatic carbocycles. The predicted octanol–water partition coefficient (Wildman–Crippen LogP) is 6.93. The van der Waals surface area contributed by atoms with Gasteiger partial charge < -0.3 is 27.9 Å². The van der Waals surface area contributed by atoms with Gasteiger partial charge in [0.1, 0.15) is 34.2 Å². The molecule has 0 unspecified atom stereocenters. The van der Waals surface area contributed by atoms with Gasteiger partial charge in [0, 0.05) is 33.3 Å². The van der Waals surface area contributed by atoms with Crippen molar-refractivity contribution in [3.63, 3.8) is 0 Å². The second-order valence-corrected chi connectivity index (χ2v) is 13.9. The van der Waals surface area contributed by atoms with E-state index in [0.29, 0.717) is 11.5 Å². The van der Waals surface area contributed by atoms with Crippen LogP contribution in [0.3, 0.4) is 0 Å². The van der Waals surface area contributed by atoms with E-state index in [-0.39, 0.29) is 13.4 Å². The summed E-state index contributed by atoms with van der Waals surface area (Å²) in [5.41, 5.74) is 13.0. The molecule has 228 valence electrons. The molecule has 8 heteroatoms. The highest BCUT2D eigenvalue weighted by molar-refractivity contribution is 7.04. The molecular formula is C42H19B2NO5. The standard InChI is InChI=1S/C42H19B2NO5/c1-5-13-28-20(9-1)22-17-26-36-41(39(22)48-28)50-42-37-27(18-23-21-10-2-6-14-29(21)49-40(23)42)44-25-12-4-8-16-31(25)47-33-19-32-34(38(35(33)44)45(36)37)43(26)24-11-3-7-15-30(24)46-32/h1-19H. The minimum absolute atomic E-state index is 0.0993. The second kappa shape index (κ2) is 8.01. The molecule has 9 aromatic rings. The lowest BCUT2D eigenvalue weighted by Crippen LogP contribution is -2.67. The zero-order valence-corrected chi connectivity index (χ0v) is 26.1. The first-order valence-electron chi connectivity index (χ1n) is 17.0. The molecule has 0 amide bonds. The number of para-hydroxylation sites is 4. The predicted molar refractivity (Wildman–Crippen MR) is 198 cm³/mol. The molecule has 0 N–H and O–H groups in total. The maximum Gasteiger partial charge on any atom is 0.256 e. The van der Waals surface area contributed by atoms with E-state index in [2.05, 4.69) is 83.8 Å². The molecule has 0 saturated heterocycles. The molecule has 5 aliphatic rings. The first-order valence-corrected chi connectivity index (χ1v) is 17.0. The van der Waals surface area contributed by atoms with Crippen molar-refractivity contribution in [2.75, 3.05) is 4.90 Å². The Morgan fingerprint density at radius 3 is 1.42 bits per heavy atom. The molecule has 0 atom stereocenters. The van der Waals surface area contributed by atoms with E-state index < -0.39 is 0 Å². The number of hydrogen-bond acceptors (Lipinski definition) is 6. The third kappa shape index (κ3) is 2.61. The van der Waals surface area contributed by atoms with Crippen molar-refractivity contribution in [1.29, 1.82) is 0 Å². The van der Waals surface area contributed by atoms with Gasteiger partial charge in [-0.05, 0) is 57.0 Å². The van der Waals surface area contributed by atoms with Gasteiger partial charge >= 0.3 is 0 Å². The molecule has 0 saturated carbocycles. The van der Waals surface area contributed by atoms with Crippen molar-refractivity contribution < 1.29 is 23.0 Å². The molecule has 0 fully saturated rings. The number of benzene rings is 7. The highest BCUT2D eigenvalue weighted by Crippen LogP contribution is 2.59. The Morgan fingerprint density at radius 2 is 0.880 bits per heavy atom. The SMILES string of the molecule is c1ccc2c(c1)Oc1cc3c4c5c1B2c1cc2c(oc6ccccc62)c2c1N5c1c(cc5c(oc6ccccc65)c1O2)B4c1ccccc1O3. The van der Waals surface area contributed by atoms with E-state index in [1.54, 1.807) is 0 Å². The summed E-state index contributed by atoms with van der Waals surface area (Å²) in [4.78, 5) is 2.41. The van der Waals surface area contributed by atoms with Crippen LogP contribution in [0.4, 0.5) is 17.1 Å². The first kappa shape index (κ1) is 24.6. The fraction of sp³-hybridized carbons (Fsp3) is 0. The van der Waals surface area contributed by atoms with E-state index in [4.69, 9.17) is 23.0 Å². The molecule has 2 aromatic heterocycles. The summed E-state index contributed by atoms with van der Waals surface area (Å²) in [6.45, 7) is -0.199. The van der Waals surface area contributed by atoms with Gasteiger partial charge in [0.05, 0.1) is 11.4 Å². The minimum atomic E-state index is -0.0993. The van der Waals surface area contributed by atoms with Crippen LogP contribution in [0.15, 0.2) is 124 Å². The Morgan fingerprint density at radius 1 is 0.400 bits per heavy atom. The highest BCUT2D eigenvalue weighted by atomic mass is 16.5. The Balaban J connectivity index is 1.23. The summed E-state index contributed by atoms with van der Waals surface area (Å²) < 4.78 is 34.3. The lowest BCUT2D eigenvalue weighted by atomic mass is 9.29. The quantitative estimate of drug-likeness (QED) is 0.168. The number of hydrogen-bond donors (Lipinski definition) is 0. The molecule has 7 heterocycles. The summed E-state index contributed by atoms with van der Waals surface area (Å²) in [5.74, 6) is 4.72. The Bertz CT molecular complexity index is 2920. The third-order valence-corrected chi connectivity index (χ3v) is 11.5. The number of anilines is 3. The topological polar surface area (TPSA) is 57.2 Å². The van der Waals surface area contributed by atoms with E-state index in [0.717, 1.165) is 117 Å². The lowest BCUT2D eigenvalue weighted by molar-refractivity contribution is 0.462. The summed E-state index contributed by atoms with van der Waals surface area (Å²) in [5, 5.41) is 4.15. The molecule has 0 aliphatic carbocycles. The first-order chi connectivity index (χ1) is 24.8. The fourth-order valence-corrected chi connectivity index (χ4v) is 9.65. The molecule has 0 bridgehead atoms. The molecule has 6 nitrogen and oxygen atoms in total. The van der Waals surface area contributed by atoms with Gasteiger partial charge in [0.15, 0.2) is 22.7 Å². The number of ether oxygens (including phenoxy) is 3. The third-order valence-electron chi connectivity index (χ3n) is 11.5. The van der Waals surface area contributed by atoms with Crippen LogP contribution in [-0.2, 0) is 0 Å². The second-order valence-electron chi connectivity index (χ2n) is 13.9. The maximum absolute atomic E-state index is 7.30. The molecule has 0 spiro atoms. The number of rotatable bonds is 0. The molecule has 0 radical (unpaired) electrons. The van der Waals surface area contributed by atoms with Crippen LogP contribution in [0, 0.1) is 0 Å². The Hall–Kier alpha value is -6.53. The van der Waals surface area contributed by atoms with Crippen molar-refractivity contribution in [3.8, 4) is 34.5 Å². The van der Waals surface area contributed by atoms with Crippen molar-refractivity contribution in [3.05, 3.63) is 115 Å². The molecule has 14 rings (SSSR count). The number of nitrogens with zero attached hydrogens (tertiary/aromatic N) is 1. The van der Waals surface area contributed by atoms with Gasteiger partial charge in [-0.3, -0.25) is 0 Å². The van der Waals surface area contributed by atoms with E-state index >= 15 is 0 Å². The van der Waals surface area contributed by atoms with Gasteiger partial charge in [0.2, 0.25) is 0 Å². The van der Waals surface area contributed by atoms with E-state index in [9.17, 15) is 0 Å². The van der Waals surface area contributed by atoms with Gasteiger partial charge in [-0.1, -0.05) is 84.9 Å². The Kier molecular flexibility index (Phi) is 3.94. The summed E-state index contributed by atoms with van der Waals surface area (Å²) >= 11 is 0. The van der Waals surface area contributed by atoms with E-state index in [1.807, 2.05) is 36.4 Å². The maximum atomic E-state index is 7.30. The summed E-state index contributed by atoms with van der Waals surface area (Å²) in [6.07, 6.45) is 0. The molecular weight excluding hydrogens is 620 g/mol. The van der Waals surface area contributed by atoms with Gasteiger partial charge in [-0.15, -0.1) is 0 Å². The monoisotopic (exact) mass is 639 g/mol. The normalized spacial score (nSPS) is 14.8. The van der Waals surface area contributed by atoms with Crippen LogP contribution in [0.1, 0.15) is 0 Å². The summed E-state index contributed by atoms with van der Waals surface area (Å²) in [7, 11) is 0. The fourth-order valence-electron chi connectivity index (χ4n) is 9.65. The van der Waals surface area contributed by atoms with Crippen LogP contribution in [0.2, 0.25) is 0 Å². The zero-order chi connectivity index (χ0) is 32.0. The van der Waals surface area contributed by atoms with Crippen LogP contribution in [-0.4, -0.2) is 13.4 Å². The molecule has 5 aliphatic heterocycles. The number of furan rings is 2. The van der Waals surface area contributed by atoms with Gasteiger partial charge in [-0.25, -0.2) is 0 Å². The van der Waals surface area contributed by atoms with Crippen molar-refractivity contribution in [2.45, 2.75) is 0 Å². The zero-order valence-electron chi connectivity index (χ0n) is 26.1. The van der Waals surface area contributed by atoms with E-state index in [1.165, 1.54) is 0 Å². The minimum Gasteiger partial charge on any atom is -0.458 e. The van der Waals surface area contributed by atoms with Crippen molar-refractivity contribution in [2.24, 2.45) is 0 Å². The van der Waals surface area contributed by atoms with Gasteiger partial charge in [-0.2, -0.15) is 0 Å². The smallest absolute Gasteiger partial charge is 0.256 e.